The Hall–Kier alpha value is -3.49. The van der Waals surface area contributed by atoms with E-state index in [1.165, 1.54) is 38.5 Å². The minimum atomic E-state index is -0.644. The molecule has 41 heavy (non-hydrogen) atoms. The van der Waals surface area contributed by atoms with Gasteiger partial charge in [0.2, 0.25) is 5.91 Å². The van der Waals surface area contributed by atoms with Crippen LogP contribution in [-0.2, 0) is 11.3 Å². The molecule has 0 saturated heterocycles. The molecule has 220 valence electrons. The van der Waals surface area contributed by atoms with Gasteiger partial charge in [-0.2, -0.15) is 10.2 Å². The van der Waals surface area contributed by atoms with Crippen LogP contribution in [0.5, 0.6) is 0 Å². The fraction of sp³-hybridized carbons (Fsp3) is 0.594. The summed E-state index contributed by atoms with van der Waals surface area (Å²) >= 11 is 0. The lowest BCUT2D eigenvalue weighted by molar-refractivity contribution is -0.121. The number of aromatic amines is 1. The van der Waals surface area contributed by atoms with Gasteiger partial charge in [-0.1, -0.05) is 64.2 Å². The molecule has 3 heterocycles. The average Bonchev–Trinajstić information content (AvgIpc) is 3.60. The van der Waals surface area contributed by atoms with Crippen molar-refractivity contribution < 1.29 is 9.59 Å². The van der Waals surface area contributed by atoms with E-state index in [1.807, 2.05) is 39.8 Å². The van der Waals surface area contributed by atoms with Crippen LogP contribution in [0, 0.1) is 38.5 Å². The highest BCUT2D eigenvalue weighted by atomic mass is 16.2. The third kappa shape index (κ3) is 6.39. The summed E-state index contributed by atoms with van der Waals surface area (Å²) in [6.07, 6.45) is 13.4. The highest BCUT2D eigenvalue weighted by molar-refractivity contribution is 6.00. The highest BCUT2D eigenvalue weighted by Crippen LogP contribution is 2.42. The summed E-state index contributed by atoms with van der Waals surface area (Å²) in [5.74, 6) is 1.00. The molecule has 0 unspecified atom stereocenters. The first kappa shape index (κ1) is 29.0. The summed E-state index contributed by atoms with van der Waals surface area (Å²) in [7, 11) is 0. The van der Waals surface area contributed by atoms with Gasteiger partial charge < -0.3 is 10.6 Å². The van der Waals surface area contributed by atoms with Gasteiger partial charge in [0, 0.05) is 35.3 Å². The molecule has 3 N–H and O–H groups in total. The Kier molecular flexibility index (Phi) is 9.20. The van der Waals surface area contributed by atoms with Gasteiger partial charge in [-0.25, -0.2) is 4.98 Å². The van der Waals surface area contributed by atoms with Gasteiger partial charge in [0.05, 0.1) is 5.69 Å². The van der Waals surface area contributed by atoms with E-state index in [2.05, 4.69) is 25.9 Å². The van der Waals surface area contributed by atoms with Crippen molar-refractivity contribution in [3.05, 3.63) is 47.2 Å². The first-order valence-electron chi connectivity index (χ1n) is 15.5. The molecular formula is C32H45N7O2. The van der Waals surface area contributed by atoms with Crippen LogP contribution in [0.1, 0.15) is 98.7 Å². The molecule has 3 aromatic rings. The molecule has 2 aliphatic rings. The van der Waals surface area contributed by atoms with E-state index in [0.717, 1.165) is 53.9 Å². The molecule has 2 fully saturated rings. The van der Waals surface area contributed by atoms with Crippen LogP contribution in [0.25, 0.3) is 11.1 Å². The molecule has 0 aromatic carbocycles. The third-order valence-electron chi connectivity index (χ3n) is 9.33. The van der Waals surface area contributed by atoms with Gasteiger partial charge in [-0.05, 0) is 63.6 Å². The van der Waals surface area contributed by atoms with Crippen LogP contribution in [-0.4, -0.2) is 42.8 Å². The number of carbonyl (C=O) groups is 2. The minimum absolute atomic E-state index is 0.0918. The predicted octanol–water partition coefficient (Wildman–Crippen LogP) is 6.13. The van der Waals surface area contributed by atoms with E-state index in [9.17, 15) is 9.59 Å². The van der Waals surface area contributed by atoms with E-state index in [0.29, 0.717) is 29.9 Å². The Morgan fingerprint density at radius 2 is 1.61 bits per heavy atom. The Balaban J connectivity index is 1.46. The van der Waals surface area contributed by atoms with E-state index in [4.69, 9.17) is 4.98 Å². The zero-order valence-corrected chi connectivity index (χ0v) is 25.0. The zero-order valence-electron chi connectivity index (χ0n) is 25.0. The molecule has 5 rings (SSSR count). The van der Waals surface area contributed by atoms with Gasteiger partial charge in [0.15, 0.2) is 0 Å². The lowest BCUT2D eigenvalue weighted by Gasteiger charge is -2.41. The van der Waals surface area contributed by atoms with Gasteiger partial charge in [-0.15, -0.1) is 0 Å². The van der Waals surface area contributed by atoms with Gasteiger partial charge in [0.25, 0.3) is 5.91 Å². The van der Waals surface area contributed by atoms with Crippen molar-refractivity contribution in [3.8, 4) is 11.1 Å². The number of carbonyl (C=O) groups excluding carboxylic acids is 2. The van der Waals surface area contributed by atoms with Crippen molar-refractivity contribution in [1.29, 1.82) is 0 Å². The van der Waals surface area contributed by atoms with E-state index < -0.39 is 6.04 Å². The van der Waals surface area contributed by atoms with Gasteiger partial charge in [-0.3, -0.25) is 19.4 Å². The van der Waals surface area contributed by atoms with Gasteiger partial charge in [0.1, 0.15) is 17.6 Å². The molecule has 2 amide bonds. The maximum absolute atomic E-state index is 14.2. The fourth-order valence-electron chi connectivity index (χ4n) is 7.34. The number of aromatic nitrogens is 5. The summed E-state index contributed by atoms with van der Waals surface area (Å²) in [4.78, 5) is 32.6. The normalized spacial score (nSPS) is 17.5. The second-order valence-electron chi connectivity index (χ2n) is 12.0. The fourth-order valence-corrected chi connectivity index (χ4v) is 7.34. The number of H-pyrrole nitrogens is 1. The Morgan fingerprint density at radius 3 is 2.17 bits per heavy atom. The van der Waals surface area contributed by atoms with Crippen LogP contribution in [0.15, 0.2) is 24.4 Å². The highest BCUT2D eigenvalue weighted by Gasteiger charge is 2.41. The Bertz CT molecular complexity index is 1310. The van der Waals surface area contributed by atoms with Crippen molar-refractivity contribution in [2.75, 3.05) is 5.32 Å². The lowest BCUT2D eigenvalue weighted by Crippen LogP contribution is -2.53. The van der Waals surface area contributed by atoms with Crippen LogP contribution >= 0.6 is 0 Å². The molecule has 3 aromatic heterocycles. The van der Waals surface area contributed by atoms with Crippen molar-refractivity contribution in [2.24, 2.45) is 17.8 Å². The number of hydrogen-bond donors (Lipinski definition) is 3. The smallest absolute Gasteiger partial charge is 0.270 e. The Morgan fingerprint density at radius 1 is 0.951 bits per heavy atom. The number of hydrogen-bond acceptors (Lipinski definition) is 5. The largest absolute Gasteiger partial charge is 0.339 e. The maximum atomic E-state index is 14.2. The maximum Gasteiger partial charge on any atom is 0.270 e. The topological polar surface area (TPSA) is 118 Å². The van der Waals surface area contributed by atoms with E-state index >= 15 is 0 Å². The van der Waals surface area contributed by atoms with Crippen molar-refractivity contribution >= 4 is 17.6 Å². The Labute approximate surface area is 243 Å². The molecular weight excluding hydrogens is 514 g/mol. The average molecular weight is 560 g/mol. The summed E-state index contributed by atoms with van der Waals surface area (Å²) in [6, 6.07) is 4.94. The summed E-state index contributed by atoms with van der Waals surface area (Å²) < 4.78 is 1.68. The number of nitrogens with zero attached hydrogens (tertiary/aromatic N) is 4. The standard InChI is InChI=1S/C32H45N7O2/c1-5-39-26(18-19-33-39)31(40)36-30(29(23-12-8-6-9-13-23)24-14-10-7-11-15-24)32(41)35-27-17-16-25(20(2)34-27)28-21(3)37-38-22(28)4/h16-19,23-24,29-30H,5-15H2,1-4H3,(H,36,40)(H,37,38)(H,34,35,41)/t30-/m0/s1. The summed E-state index contributed by atoms with van der Waals surface area (Å²) in [5, 5.41) is 18.0. The number of amides is 2. The van der Waals surface area contributed by atoms with Crippen LogP contribution in [0.4, 0.5) is 5.82 Å². The number of pyridine rings is 1. The molecule has 0 aliphatic heterocycles. The molecule has 2 aliphatic carbocycles. The zero-order chi connectivity index (χ0) is 28.9. The molecule has 9 heteroatoms. The van der Waals surface area contributed by atoms with Crippen molar-refractivity contribution in [1.82, 2.24) is 30.3 Å². The number of aryl methyl sites for hydroxylation is 4. The van der Waals surface area contributed by atoms with Crippen molar-refractivity contribution in [2.45, 2.75) is 104 Å². The third-order valence-corrected chi connectivity index (χ3v) is 9.33. The number of rotatable bonds is 9. The second-order valence-corrected chi connectivity index (χ2v) is 12.0. The minimum Gasteiger partial charge on any atom is -0.339 e. The van der Waals surface area contributed by atoms with E-state index in [1.54, 1.807) is 16.9 Å². The molecule has 0 radical (unpaired) electrons. The number of nitrogens with one attached hydrogen (secondary N) is 3. The predicted molar refractivity (Wildman–Crippen MR) is 160 cm³/mol. The second kappa shape index (κ2) is 13.0. The van der Waals surface area contributed by atoms with E-state index in [-0.39, 0.29) is 17.7 Å². The first-order chi connectivity index (χ1) is 19.9. The molecule has 2 saturated carbocycles. The van der Waals surface area contributed by atoms with Gasteiger partial charge >= 0.3 is 0 Å². The molecule has 0 bridgehead atoms. The summed E-state index contributed by atoms with van der Waals surface area (Å²) in [6.45, 7) is 8.48. The molecule has 9 nitrogen and oxygen atoms in total. The number of anilines is 1. The van der Waals surface area contributed by atoms with Crippen LogP contribution < -0.4 is 10.6 Å². The molecule has 0 spiro atoms. The van der Waals surface area contributed by atoms with Crippen LogP contribution in [0.3, 0.4) is 0 Å². The van der Waals surface area contributed by atoms with Crippen LogP contribution in [0.2, 0.25) is 0 Å². The molecule has 1 atom stereocenters. The summed E-state index contributed by atoms with van der Waals surface area (Å²) in [5.41, 5.74) is 5.24. The van der Waals surface area contributed by atoms with Crippen molar-refractivity contribution in [3.63, 3.8) is 0 Å². The monoisotopic (exact) mass is 559 g/mol. The SMILES string of the molecule is CCn1nccc1C(=O)N[C@H](C(=O)Nc1ccc(-c2c(C)n[nH]c2C)c(C)n1)C(C1CCCCC1)C1CCCCC1. The lowest BCUT2D eigenvalue weighted by atomic mass is 9.66. The quantitative estimate of drug-likeness (QED) is 0.292. The first-order valence-corrected chi connectivity index (χ1v) is 15.5.